The third-order valence-corrected chi connectivity index (χ3v) is 7.53. The van der Waals surface area contributed by atoms with Crippen molar-refractivity contribution < 1.29 is 17.9 Å². The Labute approximate surface area is 189 Å². The van der Waals surface area contributed by atoms with E-state index in [-0.39, 0.29) is 28.9 Å². The van der Waals surface area contributed by atoms with Gasteiger partial charge in [0.25, 0.3) is 0 Å². The van der Waals surface area contributed by atoms with Crippen LogP contribution in [-0.2, 0) is 21.4 Å². The highest BCUT2D eigenvalue weighted by molar-refractivity contribution is 7.89. The molecule has 2 aromatic carbocycles. The molecule has 0 radical (unpaired) electrons. The molecule has 1 heterocycles. The summed E-state index contributed by atoms with van der Waals surface area (Å²) in [4.78, 5) is 17.0. The number of ether oxygens (including phenoxy) is 1. The van der Waals surface area contributed by atoms with E-state index < -0.39 is 10.0 Å². The monoisotopic (exact) mass is 465 g/mol. The van der Waals surface area contributed by atoms with E-state index in [4.69, 9.17) is 16.3 Å². The molecule has 0 saturated carbocycles. The molecule has 168 valence electrons. The summed E-state index contributed by atoms with van der Waals surface area (Å²) in [6.45, 7) is 5.67. The maximum absolute atomic E-state index is 13.5. The van der Waals surface area contributed by atoms with Crippen molar-refractivity contribution in [1.82, 2.24) is 14.1 Å². The van der Waals surface area contributed by atoms with Crippen molar-refractivity contribution in [1.29, 1.82) is 0 Å². The summed E-state index contributed by atoms with van der Waals surface area (Å²) < 4.78 is 33.2. The molecule has 3 rings (SSSR count). The van der Waals surface area contributed by atoms with E-state index in [1.807, 2.05) is 30.3 Å². The van der Waals surface area contributed by atoms with Crippen LogP contribution in [0.25, 0.3) is 0 Å². The molecule has 0 spiro atoms. The van der Waals surface area contributed by atoms with Gasteiger partial charge in [-0.25, -0.2) is 8.42 Å². The second kappa shape index (κ2) is 10.5. The Balaban J connectivity index is 1.85. The number of amides is 1. The molecule has 31 heavy (non-hydrogen) atoms. The lowest BCUT2D eigenvalue weighted by Gasteiger charge is -2.35. The number of halogens is 1. The Bertz CT molecular complexity index is 993. The minimum absolute atomic E-state index is 0.0258. The van der Waals surface area contributed by atoms with Crippen LogP contribution >= 0.6 is 11.6 Å². The average Bonchev–Trinajstić information content (AvgIpc) is 2.79. The Morgan fingerprint density at radius 2 is 1.77 bits per heavy atom. The molecular weight excluding hydrogens is 438 g/mol. The first-order chi connectivity index (χ1) is 14.8. The Morgan fingerprint density at radius 3 is 2.35 bits per heavy atom. The maximum atomic E-state index is 13.5. The van der Waals surface area contributed by atoms with Crippen LogP contribution < -0.4 is 4.74 Å². The number of carbonyl (C=O) groups is 1. The van der Waals surface area contributed by atoms with Gasteiger partial charge >= 0.3 is 0 Å². The number of carbonyl (C=O) groups excluding carboxylic acids is 1. The van der Waals surface area contributed by atoms with Gasteiger partial charge in [0.1, 0.15) is 5.75 Å². The molecule has 0 unspecified atom stereocenters. The molecule has 1 amide bonds. The van der Waals surface area contributed by atoms with E-state index in [2.05, 4.69) is 11.8 Å². The predicted molar refractivity (Wildman–Crippen MR) is 121 cm³/mol. The summed E-state index contributed by atoms with van der Waals surface area (Å²) in [5.74, 6) is 0.190. The fourth-order valence-electron chi connectivity index (χ4n) is 3.53. The predicted octanol–water partition coefficient (Wildman–Crippen LogP) is 2.70. The smallest absolute Gasteiger partial charge is 0.243 e. The van der Waals surface area contributed by atoms with Crippen molar-refractivity contribution in [3.8, 4) is 5.75 Å². The van der Waals surface area contributed by atoms with E-state index in [1.165, 1.54) is 29.6 Å². The number of likely N-dealkylation sites (N-methyl/N-ethyl adjacent to an activating group) is 1. The standard InChI is InChI=1S/C22H28ClN3O4S/c1-3-24-11-13-25(14-12-24)22(27)17-26(16-18-7-5-4-6-8-18)31(28,29)19-9-10-21(30-2)20(23)15-19/h4-10,15H,3,11-14,16-17H2,1-2H3. The van der Waals surface area contributed by atoms with Crippen molar-refractivity contribution in [2.75, 3.05) is 46.4 Å². The SMILES string of the molecule is CCN1CCN(C(=O)CN(Cc2ccccc2)S(=O)(=O)c2ccc(OC)c(Cl)c2)CC1. The van der Waals surface area contributed by atoms with Gasteiger partial charge in [-0.15, -0.1) is 0 Å². The van der Waals surface area contributed by atoms with Crippen molar-refractivity contribution >= 4 is 27.5 Å². The van der Waals surface area contributed by atoms with Crippen LogP contribution in [0.4, 0.5) is 0 Å². The van der Waals surface area contributed by atoms with Crippen LogP contribution in [0.2, 0.25) is 5.02 Å². The van der Waals surface area contributed by atoms with Gasteiger partial charge in [-0.2, -0.15) is 4.31 Å². The van der Waals surface area contributed by atoms with Gasteiger partial charge < -0.3 is 14.5 Å². The third kappa shape index (κ3) is 5.77. The van der Waals surface area contributed by atoms with Crippen LogP contribution in [-0.4, -0.2) is 74.8 Å². The van der Waals surface area contributed by atoms with Crippen molar-refractivity contribution in [3.63, 3.8) is 0 Å². The quantitative estimate of drug-likeness (QED) is 0.599. The highest BCUT2D eigenvalue weighted by Crippen LogP contribution is 2.29. The van der Waals surface area contributed by atoms with Crippen molar-refractivity contribution in [2.24, 2.45) is 0 Å². The summed E-state index contributed by atoms with van der Waals surface area (Å²) in [5.41, 5.74) is 0.800. The zero-order chi connectivity index (χ0) is 22.4. The van der Waals surface area contributed by atoms with Crippen LogP contribution in [0, 0.1) is 0 Å². The first-order valence-electron chi connectivity index (χ1n) is 10.2. The minimum Gasteiger partial charge on any atom is -0.495 e. The molecule has 0 bridgehead atoms. The number of benzene rings is 2. The maximum Gasteiger partial charge on any atom is 0.243 e. The minimum atomic E-state index is -3.96. The number of rotatable bonds is 8. The normalized spacial score (nSPS) is 15.3. The summed E-state index contributed by atoms with van der Waals surface area (Å²) in [5, 5.41) is 0.199. The van der Waals surface area contributed by atoms with Crippen molar-refractivity contribution in [2.45, 2.75) is 18.4 Å². The van der Waals surface area contributed by atoms with E-state index in [1.54, 1.807) is 4.90 Å². The largest absolute Gasteiger partial charge is 0.495 e. The average molecular weight is 466 g/mol. The van der Waals surface area contributed by atoms with Gasteiger partial charge in [-0.1, -0.05) is 48.9 Å². The number of piperazine rings is 1. The van der Waals surface area contributed by atoms with E-state index in [0.29, 0.717) is 18.8 Å². The first-order valence-corrected chi connectivity index (χ1v) is 12.0. The van der Waals surface area contributed by atoms with Gasteiger partial charge in [-0.05, 0) is 30.3 Å². The Hall–Kier alpha value is -2.13. The molecule has 0 aromatic heterocycles. The number of hydrogen-bond acceptors (Lipinski definition) is 5. The molecule has 0 N–H and O–H groups in total. The highest BCUT2D eigenvalue weighted by atomic mass is 35.5. The van der Waals surface area contributed by atoms with E-state index >= 15 is 0 Å². The molecule has 0 atom stereocenters. The van der Waals surface area contributed by atoms with Crippen LogP contribution in [0.3, 0.4) is 0 Å². The molecule has 1 fully saturated rings. The van der Waals surface area contributed by atoms with Crippen LogP contribution in [0.5, 0.6) is 5.75 Å². The molecule has 7 nitrogen and oxygen atoms in total. The zero-order valence-electron chi connectivity index (χ0n) is 17.8. The number of nitrogens with zero attached hydrogens (tertiary/aromatic N) is 3. The van der Waals surface area contributed by atoms with Crippen molar-refractivity contribution in [3.05, 3.63) is 59.1 Å². The number of hydrogen-bond donors (Lipinski definition) is 0. The molecule has 1 aliphatic rings. The summed E-state index contributed by atoms with van der Waals surface area (Å²) >= 11 is 6.17. The third-order valence-electron chi connectivity index (χ3n) is 5.45. The lowest BCUT2D eigenvalue weighted by atomic mass is 10.2. The lowest BCUT2D eigenvalue weighted by molar-refractivity contribution is -0.133. The summed E-state index contributed by atoms with van der Waals surface area (Å²) in [7, 11) is -2.49. The molecule has 2 aromatic rings. The van der Waals surface area contributed by atoms with Crippen LogP contribution in [0.15, 0.2) is 53.4 Å². The Kier molecular flexibility index (Phi) is 7.94. The highest BCUT2D eigenvalue weighted by Gasteiger charge is 2.30. The molecule has 1 saturated heterocycles. The zero-order valence-corrected chi connectivity index (χ0v) is 19.4. The van der Waals surface area contributed by atoms with E-state index in [9.17, 15) is 13.2 Å². The topological polar surface area (TPSA) is 70.2 Å². The van der Waals surface area contributed by atoms with E-state index in [0.717, 1.165) is 25.2 Å². The molecule has 1 aliphatic heterocycles. The fourth-order valence-corrected chi connectivity index (χ4v) is 5.26. The second-order valence-corrected chi connectivity index (χ2v) is 9.72. The molecular formula is C22H28ClN3O4S. The molecule has 0 aliphatic carbocycles. The van der Waals surface area contributed by atoms with Gasteiger partial charge in [0.15, 0.2) is 0 Å². The van der Waals surface area contributed by atoms with Gasteiger partial charge in [0, 0.05) is 32.7 Å². The van der Waals surface area contributed by atoms with Crippen LogP contribution in [0.1, 0.15) is 12.5 Å². The summed E-state index contributed by atoms with van der Waals surface area (Å²) in [6.07, 6.45) is 0. The first kappa shape index (κ1) is 23.5. The number of methoxy groups -OCH3 is 1. The summed E-state index contributed by atoms with van der Waals surface area (Å²) in [6, 6.07) is 13.6. The number of sulfonamides is 1. The molecule has 9 heteroatoms. The fraction of sp³-hybridized carbons (Fsp3) is 0.409. The Morgan fingerprint density at radius 1 is 1.10 bits per heavy atom. The van der Waals surface area contributed by atoms with Gasteiger partial charge in [0.2, 0.25) is 15.9 Å². The lowest BCUT2D eigenvalue weighted by Crippen LogP contribution is -2.51. The van der Waals surface area contributed by atoms with Gasteiger partial charge in [-0.3, -0.25) is 4.79 Å². The second-order valence-electron chi connectivity index (χ2n) is 7.37. The van der Waals surface area contributed by atoms with Gasteiger partial charge in [0.05, 0.1) is 23.6 Å².